The fourth-order valence-electron chi connectivity index (χ4n) is 3.55. The van der Waals surface area contributed by atoms with E-state index in [1.165, 1.54) is 0 Å². The molecule has 0 aliphatic heterocycles. The Kier molecular flexibility index (Phi) is 6.98. The first-order chi connectivity index (χ1) is 11.6. The van der Waals surface area contributed by atoms with Crippen LogP contribution in [0.2, 0.25) is 0 Å². The lowest BCUT2D eigenvalue weighted by Crippen LogP contribution is -2.31. The number of benzene rings is 1. The molecule has 132 valence electrons. The second kappa shape index (κ2) is 8.97. The first-order valence-corrected chi connectivity index (χ1v) is 9.20. The number of carbonyl (C=O) groups is 2. The molecule has 1 fully saturated rings. The fraction of sp³-hybridized carbons (Fsp3) is 0.600. The number of ketones is 1. The lowest BCUT2D eigenvalue weighted by molar-refractivity contribution is -0.130. The van der Waals surface area contributed by atoms with Gasteiger partial charge in [0.05, 0.1) is 6.42 Å². The molecule has 1 aromatic carbocycles. The maximum Gasteiger partial charge on any atom is 0.226 e. The van der Waals surface area contributed by atoms with Gasteiger partial charge in [0.2, 0.25) is 5.91 Å². The molecule has 0 radical (unpaired) electrons. The van der Waals surface area contributed by atoms with Gasteiger partial charge in [0.25, 0.3) is 0 Å². The summed E-state index contributed by atoms with van der Waals surface area (Å²) in [5, 5.41) is 0. The van der Waals surface area contributed by atoms with Gasteiger partial charge in [-0.05, 0) is 57.6 Å². The summed E-state index contributed by atoms with van der Waals surface area (Å²) >= 11 is 0. The molecule has 0 bridgehead atoms. The zero-order chi connectivity index (χ0) is 17.5. The monoisotopic (exact) mass is 330 g/mol. The van der Waals surface area contributed by atoms with E-state index in [4.69, 9.17) is 5.73 Å². The molecule has 0 aromatic heterocycles. The van der Waals surface area contributed by atoms with Crippen molar-refractivity contribution in [3.05, 3.63) is 35.4 Å². The van der Waals surface area contributed by atoms with Crippen LogP contribution in [0.3, 0.4) is 0 Å². The Morgan fingerprint density at radius 2 is 1.62 bits per heavy atom. The summed E-state index contributed by atoms with van der Waals surface area (Å²) in [6.45, 7) is 6.18. The van der Waals surface area contributed by atoms with E-state index in [1.807, 2.05) is 43.0 Å². The molecule has 0 spiro atoms. The zero-order valence-electron chi connectivity index (χ0n) is 15.0. The van der Waals surface area contributed by atoms with Crippen molar-refractivity contribution in [2.24, 2.45) is 17.6 Å². The standard InChI is InChI=1S/C20H30N2O2/c1-3-22(4-2)19(23)13-15-5-9-17(10-6-15)20(24)18-11-7-16(14-21)8-12-18/h5-6,9-10,16,18H,3-4,7-8,11-14,21H2,1-2H3. The zero-order valence-corrected chi connectivity index (χ0v) is 15.0. The third-order valence-corrected chi connectivity index (χ3v) is 5.26. The molecule has 2 N–H and O–H groups in total. The van der Waals surface area contributed by atoms with E-state index >= 15 is 0 Å². The SMILES string of the molecule is CCN(CC)C(=O)Cc1ccc(C(=O)C2CCC(CN)CC2)cc1. The van der Waals surface area contributed by atoms with Gasteiger partial charge in [0.1, 0.15) is 0 Å². The van der Waals surface area contributed by atoms with E-state index < -0.39 is 0 Å². The van der Waals surface area contributed by atoms with Crippen molar-refractivity contribution >= 4 is 11.7 Å². The maximum atomic E-state index is 12.6. The summed E-state index contributed by atoms with van der Waals surface area (Å²) in [6, 6.07) is 7.59. The Morgan fingerprint density at radius 3 is 2.12 bits per heavy atom. The molecular weight excluding hydrogens is 300 g/mol. The molecule has 24 heavy (non-hydrogen) atoms. The van der Waals surface area contributed by atoms with Crippen LogP contribution in [-0.4, -0.2) is 36.2 Å². The van der Waals surface area contributed by atoms with Crippen molar-refractivity contribution in [1.29, 1.82) is 0 Å². The lowest BCUT2D eigenvalue weighted by Gasteiger charge is -2.26. The average molecular weight is 330 g/mol. The maximum absolute atomic E-state index is 12.6. The minimum Gasteiger partial charge on any atom is -0.343 e. The summed E-state index contributed by atoms with van der Waals surface area (Å²) in [5.74, 6) is 1.10. The third kappa shape index (κ3) is 4.67. The van der Waals surface area contributed by atoms with Gasteiger partial charge in [-0.15, -0.1) is 0 Å². The Hall–Kier alpha value is -1.68. The first-order valence-electron chi connectivity index (χ1n) is 9.20. The molecular formula is C20H30N2O2. The summed E-state index contributed by atoms with van der Waals surface area (Å²) in [7, 11) is 0. The predicted octanol–water partition coefficient (Wildman–Crippen LogP) is 3.05. The summed E-state index contributed by atoms with van der Waals surface area (Å²) in [5.41, 5.74) is 7.45. The quantitative estimate of drug-likeness (QED) is 0.782. The van der Waals surface area contributed by atoms with Gasteiger partial charge < -0.3 is 10.6 Å². The average Bonchev–Trinajstić information content (AvgIpc) is 2.63. The molecule has 0 unspecified atom stereocenters. The Bertz CT molecular complexity index is 541. The highest BCUT2D eigenvalue weighted by Gasteiger charge is 2.26. The van der Waals surface area contributed by atoms with Crippen LogP contribution >= 0.6 is 0 Å². The van der Waals surface area contributed by atoms with Crippen LogP contribution in [0.1, 0.15) is 55.5 Å². The van der Waals surface area contributed by atoms with Crippen LogP contribution in [0.4, 0.5) is 0 Å². The molecule has 2 rings (SSSR count). The number of nitrogens with two attached hydrogens (primary N) is 1. The van der Waals surface area contributed by atoms with Gasteiger partial charge in [-0.25, -0.2) is 0 Å². The Morgan fingerprint density at radius 1 is 1.04 bits per heavy atom. The third-order valence-electron chi connectivity index (χ3n) is 5.26. The highest BCUT2D eigenvalue weighted by atomic mass is 16.2. The first kappa shape index (κ1) is 18.7. The summed E-state index contributed by atoms with van der Waals surface area (Å²) in [6.07, 6.45) is 4.41. The lowest BCUT2D eigenvalue weighted by atomic mass is 9.78. The number of Topliss-reactive ketones (excluding diaryl/α,β-unsaturated/α-hetero) is 1. The second-order valence-electron chi connectivity index (χ2n) is 6.76. The van der Waals surface area contributed by atoms with Gasteiger partial charge in [0.15, 0.2) is 5.78 Å². The fourth-order valence-corrected chi connectivity index (χ4v) is 3.55. The van der Waals surface area contributed by atoms with Crippen molar-refractivity contribution in [1.82, 2.24) is 4.90 Å². The molecule has 0 saturated heterocycles. The number of rotatable bonds is 7. The molecule has 0 atom stereocenters. The Labute approximate surface area is 145 Å². The van der Waals surface area contributed by atoms with Crippen LogP contribution < -0.4 is 5.73 Å². The van der Waals surface area contributed by atoms with Crippen LogP contribution in [0, 0.1) is 11.8 Å². The van der Waals surface area contributed by atoms with E-state index in [-0.39, 0.29) is 17.6 Å². The molecule has 1 aliphatic carbocycles. The van der Waals surface area contributed by atoms with E-state index in [2.05, 4.69) is 0 Å². The highest BCUT2D eigenvalue weighted by molar-refractivity contribution is 5.98. The van der Waals surface area contributed by atoms with Crippen molar-refractivity contribution in [2.75, 3.05) is 19.6 Å². The van der Waals surface area contributed by atoms with Crippen molar-refractivity contribution in [3.63, 3.8) is 0 Å². The minimum atomic E-state index is 0.135. The van der Waals surface area contributed by atoms with Gasteiger partial charge >= 0.3 is 0 Å². The second-order valence-corrected chi connectivity index (χ2v) is 6.76. The normalized spacial score (nSPS) is 20.6. The van der Waals surface area contributed by atoms with Crippen LogP contribution in [-0.2, 0) is 11.2 Å². The molecule has 1 amide bonds. The van der Waals surface area contributed by atoms with E-state index in [0.29, 0.717) is 12.3 Å². The predicted molar refractivity (Wildman–Crippen MR) is 96.9 cm³/mol. The minimum absolute atomic E-state index is 0.135. The molecule has 1 aliphatic rings. The largest absolute Gasteiger partial charge is 0.343 e. The van der Waals surface area contributed by atoms with Gasteiger partial charge in [-0.2, -0.15) is 0 Å². The van der Waals surface area contributed by atoms with Gasteiger partial charge in [0, 0.05) is 24.6 Å². The number of carbonyl (C=O) groups excluding carboxylic acids is 2. The van der Waals surface area contributed by atoms with Crippen molar-refractivity contribution < 1.29 is 9.59 Å². The highest BCUT2D eigenvalue weighted by Crippen LogP contribution is 2.30. The molecule has 1 aromatic rings. The molecule has 4 nitrogen and oxygen atoms in total. The number of hydrogen-bond acceptors (Lipinski definition) is 3. The molecule has 4 heteroatoms. The number of nitrogens with zero attached hydrogens (tertiary/aromatic N) is 1. The van der Waals surface area contributed by atoms with E-state index in [1.54, 1.807) is 0 Å². The molecule has 1 saturated carbocycles. The summed E-state index contributed by atoms with van der Waals surface area (Å²) < 4.78 is 0. The topological polar surface area (TPSA) is 63.4 Å². The number of hydrogen-bond donors (Lipinski definition) is 1. The van der Waals surface area contributed by atoms with E-state index in [0.717, 1.165) is 56.4 Å². The van der Waals surface area contributed by atoms with E-state index in [9.17, 15) is 9.59 Å². The van der Waals surface area contributed by atoms with Gasteiger partial charge in [-0.1, -0.05) is 24.3 Å². The van der Waals surface area contributed by atoms with Gasteiger partial charge in [-0.3, -0.25) is 9.59 Å². The van der Waals surface area contributed by atoms with Crippen molar-refractivity contribution in [2.45, 2.75) is 46.0 Å². The Balaban J connectivity index is 1.94. The van der Waals surface area contributed by atoms with Crippen LogP contribution in [0.15, 0.2) is 24.3 Å². The molecule has 0 heterocycles. The summed E-state index contributed by atoms with van der Waals surface area (Å²) in [4.78, 5) is 26.6. The smallest absolute Gasteiger partial charge is 0.226 e. The van der Waals surface area contributed by atoms with Crippen LogP contribution in [0.25, 0.3) is 0 Å². The van der Waals surface area contributed by atoms with Crippen LogP contribution in [0.5, 0.6) is 0 Å². The number of likely N-dealkylation sites (N-methyl/N-ethyl adjacent to an activating group) is 1. The van der Waals surface area contributed by atoms with Crippen molar-refractivity contribution in [3.8, 4) is 0 Å². The number of amides is 1.